The summed E-state index contributed by atoms with van der Waals surface area (Å²) in [5, 5.41) is 7.56. The lowest BCUT2D eigenvalue weighted by molar-refractivity contribution is 0.627. The summed E-state index contributed by atoms with van der Waals surface area (Å²) in [5.74, 6) is 1.02. The maximum Gasteiger partial charge on any atom is 0.229 e. The Hall–Kier alpha value is -3.47. The maximum absolute atomic E-state index is 13.1. The average molecular weight is 358 g/mol. The highest BCUT2D eigenvalue weighted by atomic mass is 19.1. The lowest BCUT2D eigenvalue weighted by atomic mass is 10.2. The van der Waals surface area contributed by atoms with Gasteiger partial charge in [-0.1, -0.05) is 36.4 Å². The maximum atomic E-state index is 13.1. The van der Waals surface area contributed by atoms with E-state index in [0.717, 1.165) is 33.5 Å². The van der Waals surface area contributed by atoms with E-state index in [9.17, 15) is 4.39 Å². The molecule has 4 rings (SSSR count). The zero-order chi connectivity index (χ0) is 18.6. The standard InChI is InChI=1S/C22H19FN4/c1-15-5-4-6-18(13-15)25-22-26-20-8-3-2-7-19(20)21(27-22)24-14-16-9-11-17(23)12-10-16/h2-13H,14H2,1H3,(H2,24,25,26,27). The van der Waals surface area contributed by atoms with Gasteiger partial charge in [0.15, 0.2) is 0 Å². The van der Waals surface area contributed by atoms with E-state index >= 15 is 0 Å². The first-order chi connectivity index (χ1) is 13.2. The van der Waals surface area contributed by atoms with Gasteiger partial charge in [0.25, 0.3) is 0 Å². The van der Waals surface area contributed by atoms with Crippen molar-refractivity contribution in [1.82, 2.24) is 9.97 Å². The molecule has 0 unspecified atom stereocenters. The molecule has 27 heavy (non-hydrogen) atoms. The van der Waals surface area contributed by atoms with Crippen molar-refractivity contribution in [3.63, 3.8) is 0 Å². The van der Waals surface area contributed by atoms with E-state index in [0.29, 0.717) is 12.5 Å². The fourth-order valence-electron chi connectivity index (χ4n) is 2.91. The molecule has 0 aliphatic carbocycles. The highest BCUT2D eigenvalue weighted by molar-refractivity contribution is 5.90. The molecule has 0 spiro atoms. The molecule has 3 aromatic carbocycles. The van der Waals surface area contributed by atoms with Crippen molar-refractivity contribution < 1.29 is 4.39 Å². The Bertz CT molecular complexity index is 1080. The normalized spacial score (nSPS) is 10.7. The molecule has 1 heterocycles. The Morgan fingerprint density at radius 1 is 0.889 bits per heavy atom. The molecule has 0 atom stereocenters. The highest BCUT2D eigenvalue weighted by Crippen LogP contribution is 2.24. The van der Waals surface area contributed by atoms with Crippen molar-refractivity contribution in [2.24, 2.45) is 0 Å². The number of benzene rings is 3. The summed E-state index contributed by atoms with van der Waals surface area (Å²) in [4.78, 5) is 9.27. The molecule has 2 N–H and O–H groups in total. The van der Waals surface area contributed by atoms with Gasteiger partial charge in [0, 0.05) is 17.6 Å². The molecule has 0 saturated heterocycles. The van der Waals surface area contributed by atoms with Crippen LogP contribution in [0.5, 0.6) is 0 Å². The number of nitrogens with one attached hydrogen (secondary N) is 2. The zero-order valence-corrected chi connectivity index (χ0v) is 14.9. The van der Waals surface area contributed by atoms with E-state index in [2.05, 4.69) is 20.6 Å². The lowest BCUT2D eigenvalue weighted by Crippen LogP contribution is -2.06. The van der Waals surface area contributed by atoms with Crippen molar-refractivity contribution in [2.45, 2.75) is 13.5 Å². The van der Waals surface area contributed by atoms with Crippen LogP contribution in [0.15, 0.2) is 72.8 Å². The van der Waals surface area contributed by atoms with Crippen LogP contribution in [0.25, 0.3) is 10.9 Å². The number of para-hydroxylation sites is 1. The van der Waals surface area contributed by atoms with Gasteiger partial charge in [0.2, 0.25) is 5.95 Å². The minimum Gasteiger partial charge on any atom is -0.365 e. The van der Waals surface area contributed by atoms with Crippen LogP contribution in [0.3, 0.4) is 0 Å². The van der Waals surface area contributed by atoms with Crippen LogP contribution in [0.1, 0.15) is 11.1 Å². The number of nitrogens with zero attached hydrogens (tertiary/aromatic N) is 2. The number of fused-ring (bicyclic) bond motifs is 1. The molecule has 4 aromatic rings. The van der Waals surface area contributed by atoms with Crippen LogP contribution in [0, 0.1) is 12.7 Å². The molecule has 0 bridgehead atoms. The van der Waals surface area contributed by atoms with Crippen molar-refractivity contribution >= 4 is 28.4 Å². The number of halogens is 1. The summed E-state index contributed by atoms with van der Waals surface area (Å²) in [6.45, 7) is 2.59. The smallest absolute Gasteiger partial charge is 0.229 e. The topological polar surface area (TPSA) is 49.8 Å². The summed E-state index contributed by atoms with van der Waals surface area (Å²) in [6, 6.07) is 22.4. The fourth-order valence-corrected chi connectivity index (χ4v) is 2.91. The SMILES string of the molecule is Cc1cccc(Nc2nc(NCc3ccc(F)cc3)c3ccccc3n2)c1. The molecule has 0 fully saturated rings. The molecule has 0 aliphatic rings. The van der Waals surface area contributed by atoms with Gasteiger partial charge in [-0.25, -0.2) is 9.37 Å². The predicted molar refractivity (Wildman–Crippen MR) is 108 cm³/mol. The zero-order valence-electron chi connectivity index (χ0n) is 14.9. The van der Waals surface area contributed by atoms with E-state index in [1.165, 1.54) is 12.1 Å². The number of rotatable bonds is 5. The summed E-state index contributed by atoms with van der Waals surface area (Å²) < 4.78 is 13.1. The minimum atomic E-state index is -0.240. The van der Waals surface area contributed by atoms with Gasteiger partial charge in [0.05, 0.1) is 5.52 Å². The number of aryl methyl sites for hydroxylation is 1. The summed E-state index contributed by atoms with van der Waals surface area (Å²) >= 11 is 0. The summed E-state index contributed by atoms with van der Waals surface area (Å²) in [6.07, 6.45) is 0. The second-order valence-corrected chi connectivity index (χ2v) is 6.39. The summed E-state index contributed by atoms with van der Waals surface area (Å²) in [5.41, 5.74) is 3.93. The minimum absolute atomic E-state index is 0.240. The first kappa shape index (κ1) is 17.0. The van der Waals surface area contributed by atoms with Gasteiger partial charge in [-0.2, -0.15) is 4.98 Å². The third-order valence-electron chi connectivity index (χ3n) is 4.25. The molecule has 4 nitrogen and oxygen atoms in total. The molecule has 0 amide bonds. The van der Waals surface area contributed by atoms with E-state index in [1.54, 1.807) is 12.1 Å². The van der Waals surface area contributed by atoms with Gasteiger partial charge in [-0.3, -0.25) is 0 Å². The van der Waals surface area contributed by atoms with Gasteiger partial charge in [-0.05, 0) is 54.4 Å². The van der Waals surface area contributed by atoms with E-state index < -0.39 is 0 Å². The van der Waals surface area contributed by atoms with Crippen LogP contribution >= 0.6 is 0 Å². The Balaban J connectivity index is 1.64. The number of aromatic nitrogens is 2. The van der Waals surface area contributed by atoms with Crippen LogP contribution in [-0.4, -0.2) is 9.97 Å². The van der Waals surface area contributed by atoms with Gasteiger partial charge >= 0.3 is 0 Å². The third-order valence-corrected chi connectivity index (χ3v) is 4.25. The molecular formula is C22H19FN4. The molecule has 0 aliphatic heterocycles. The van der Waals surface area contributed by atoms with E-state index in [-0.39, 0.29) is 5.82 Å². The lowest BCUT2D eigenvalue weighted by Gasteiger charge is -2.12. The first-order valence-electron chi connectivity index (χ1n) is 8.76. The van der Waals surface area contributed by atoms with Crippen molar-refractivity contribution in [3.8, 4) is 0 Å². The van der Waals surface area contributed by atoms with Crippen LogP contribution in [0.4, 0.5) is 21.8 Å². The van der Waals surface area contributed by atoms with Crippen LogP contribution in [0.2, 0.25) is 0 Å². The Kier molecular flexibility index (Phi) is 4.66. The molecule has 0 saturated carbocycles. The third kappa shape index (κ3) is 4.03. The Morgan fingerprint density at radius 3 is 2.52 bits per heavy atom. The highest BCUT2D eigenvalue weighted by Gasteiger charge is 2.08. The molecule has 134 valence electrons. The monoisotopic (exact) mass is 358 g/mol. The van der Waals surface area contributed by atoms with Crippen molar-refractivity contribution in [1.29, 1.82) is 0 Å². The Morgan fingerprint density at radius 2 is 1.70 bits per heavy atom. The van der Waals surface area contributed by atoms with E-state index in [4.69, 9.17) is 0 Å². The fraction of sp³-hybridized carbons (Fsp3) is 0.0909. The summed E-state index contributed by atoms with van der Waals surface area (Å²) in [7, 11) is 0. The van der Waals surface area contributed by atoms with Gasteiger partial charge < -0.3 is 10.6 Å². The van der Waals surface area contributed by atoms with Crippen molar-refractivity contribution in [2.75, 3.05) is 10.6 Å². The number of hydrogen-bond acceptors (Lipinski definition) is 4. The molecule has 1 aromatic heterocycles. The Labute approximate surface area is 157 Å². The number of hydrogen-bond donors (Lipinski definition) is 2. The largest absolute Gasteiger partial charge is 0.365 e. The van der Waals surface area contributed by atoms with Gasteiger partial charge in [-0.15, -0.1) is 0 Å². The van der Waals surface area contributed by atoms with Gasteiger partial charge in [0.1, 0.15) is 11.6 Å². The predicted octanol–water partition coefficient (Wildman–Crippen LogP) is 5.43. The van der Waals surface area contributed by atoms with Crippen LogP contribution in [-0.2, 0) is 6.54 Å². The first-order valence-corrected chi connectivity index (χ1v) is 8.76. The molecule has 5 heteroatoms. The second-order valence-electron chi connectivity index (χ2n) is 6.39. The van der Waals surface area contributed by atoms with E-state index in [1.807, 2.05) is 55.5 Å². The number of anilines is 3. The molecular weight excluding hydrogens is 339 g/mol. The second kappa shape index (κ2) is 7.41. The average Bonchev–Trinajstić information content (AvgIpc) is 2.67. The van der Waals surface area contributed by atoms with Crippen LogP contribution < -0.4 is 10.6 Å². The van der Waals surface area contributed by atoms with Crippen molar-refractivity contribution in [3.05, 3.63) is 89.7 Å². The quantitative estimate of drug-likeness (QED) is 0.499. The molecule has 0 radical (unpaired) electrons.